The zero-order valence-electron chi connectivity index (χ0n) is 10.6. The predicted molar refractivity (Wildman–Crippen MR) is 78.2 cm³/mol. The van der Waals surface area contributed by atoms with Crippen LogP contribution in [-0.2, 0) is 10.0 Å². The van der Waals surface area contributed by atoms with E-state index in [1.165, 1.54) is 0 Å². The van der Waals surface area contributed by atoms with E-state index >= 15 is 0 Å². The summed E-state index contributed by atoms with van der Waals surface area (Å²) in [5, 5.41) is 0.566. The van der Waals surface area contributed by atoms with Crippen molar-refractivity contribution in [2.75, 3.05) is 4.72 Å². The number of hydrogen-bond acceptors (Lipinski definition) is 2. The van der Waals surface area contributed by atoms with E-state index in [1.807, 2.05) is 6.07 Å². The van der Waals surface area contributed by atoms with Crippen molar-refractivity contribution in [3.63, 3.8) is 0 Å². The van der Waals surface area contributed by atoms with E-state index in [-0.39, 0.29) is 4.90 Å². The minimum Gasteiger partial charge on any atom is -0.280 e. The molecule has 0 saturated heterocycles. The van der Waals surface area contributed by atoms with Gasteiger partial charge in [0.25, 0.3) is 10.0 Å². The van der Waals surface area contributed by atoms with Gasteiger partial charge in [0.15, 0.2) is 0 Å². The number of aryl methyl sites for hydroxylation is 2. The summed E-state index contributed by atoms with van der Waals surface area (Å²) >= 11 is 5.98. The van der Waals surface area contributed by atoms with Gasteiger partial charge in [0.05, 0.1) is 4.90 Å². The molecule has 0 aliphatic carbocycles. The van der Waals surface area contributed by atoms with Gasteiger partial charge < -0.3 is 0 Å². The van der Waals surface area contributed by atoms with Gasteiger partial charge in [-0.1, -0.05) is 29.8 Å². The molecular formula is C14H14ClNO2S. The fourth-order valence-electron chi connectivity index (χ4n) is 1.76. The van der Waals surface area contributed by atoms with Crippen LogP contribution in [0.4, 0.5) is 5.69 Å². The Morgan fingerprint density at radius 2 is 1.63 bits per heavy atom. The van der Waals surface area contributed by atoms with Crippen molar-refractivity contribution >= 4 is 27.3 Å². The molecule has 0 saturated carbocycles. The molecule has 0 fully saturated rings. The number of anilines is 1. The maximum Gasteiger partial charge on any atom is 0.262 e. The molecule has 3 nitrogen and oxygen atoms in total. The lowest BCUT2D eigenvalue weighted by atomic mass is 10.2. The Hall–Kier alpha value is -1.52. The summed E-state index contributed by atoms with van der Waals surface area (Å²) in [6.45, 7) is 3.51. The van der Waals surface area contributed by atoms with E-state index < -0.39 is 10.0 Å². The van der Waals surface area contributed by atoms with E-state index in [4.69, 9.17) is 11.6 Å². The molecule has 2 aromatic rings. The molecular weight excluding hydrogens is 282 g/mol. The maximum atomic E-state index is 12.3. The average Bonchev–Trinajstić information content (AvgIpc) is 2.34. The van der Waals surface area contributed by atoms with E-state index in [9.17, 15) is 8.42 Å². The molecule has 0 aliphatic heterocycles. The van der Waals surface area contributed by atoms with Crippen molar-refractivity contribution in [2.24, 2.45) is 0 Å². The van der Waals surface area contributed by atoms with Crippen LogP contribution in [0, 0.1) is 13.8 Å². The molecule has 0 radical (unpaired) electrons. The Balaban J connectivity index is 2.43. The molecule has 0 amide bonds. The first-order chi connectivity index (χ1) is 8.90. The van der Waals surface area contributed by atoms with Crippen LogP contribution in [0.15, 0.2) is 47.4 Å². The normalized spacial score (nSPS) is 11.3. The van der Waals surface area contributed by atoms with Gasteiger partial charge in [-0.2, -0.15) is 0 Å². The van der Waals surface area contributed by atoms with Crippen LogP contribution in [-0.4, -0.2) is 8.42 Å². The van der Waals surface area contributed by atoms with Crippen LogP contribution in [0.2, 0.25) is 5.02 Å². The van der Waals surface area contributed by atoms with Crippen LogP contribution in [0.3, 0.4) is 0 Å². The average molecular weight is 296 g/mol. The quantitative estimate of drug-likeness (QED) is 0.937. The summed E-state index contributed by atoms with van der Waals surface area (Å²) in [7, 11) is -3.59. The highest BCUT2D eigenvalue weighted by atomic mass is 35.5. The van der Waals surface area contributed by atoms with E-state index in [0.717, 1.165) is 5.56 Å². The fourth-order valence-corrected chi connectivity index (χ4v) is 3.35. The first kappa shape index (κ1) is 13.9. The molecule has 100 valence electrons. The van der Waals surface area contributed by atoms with Crippen molar-refractivity contribution in [1.82, 2.24) is 0 Å². The summed E-state index contributed by atoms with van der Waals surface area (Å²) < 4.78 is 27.2. The number of hydrogen-bond donors (Lipinski definition) is 1. The minimum atomic E-state index is -3.59. The summed E-state index contributed by atoms with van der Waals surface area (Å²) in [4.78, 5) is 0.248. The lowest BCUT2D eigenvalue weighted by Crippen LogP contribution is -2.14. The molecule has 0 heterocycles. The molecule has 0 atom stereocenters. The van der Waals surface area contributed by atoms with Gasteiger partial charge >= 0.3 is 0 Å². The van der Waals surface area contributed by atoms with Crippen LogP contribution < -0.4 is 4.72 Å². The van der Waals surface area contributed by atoms with Crippen molar-refractivity contribution in [1.29, 1.82) is 0 Å². The van der Waals surface area contributed by atoms with Gasteiger partial charge in [0, 0.05) is 10.7 Å². The Kier molecular flexibility index (Phi) is 3.83. The number of halogens is 1. The van der Waals surface area contributed by atoms with Crippen LogP contribution in [0.25, 0.3) is 0 Å². The Morgan fingerprint density at radius 3 is 2.26 bits per heavy atom. The Labute approximate surface area is 118 Å². The van der Waals surface area contributed by atoms with Crippen molar-refractivity contribution < 1.29 is 8.42 Å². The summed E-state index contributed by atoms with van der Waals surface area (Å²) in [6.07, 6.45) is 0. The highest BCUT2D eigenvalue weighted by Gasteiger charge is 2.18. The van der Waals surface area contributed by atoms with Crippen molar-refractivity contribution in [2.45, 2.75) is 18.7 Å². The van der Waals surface area contributed by atoms with Gasteiger partial charge in [0.1, 0.15) is 0 Å². The van der Waals surface area contributed by atoms with Crippen molar-refractivity contribution in [3.8, 4) is 0 Å². The maximum absolute atomic E-state index is 12.3. The summed E-state index contributed by atoms with van der Waals surface area (Å²) in [5.74, 6) is 0. The zero-order chi connectivity index (χ0) is 14.0. The first-order valence-electron chi connectivity index (χ1n) is 5.75. The molecule has 0 spiro atoms. The first-order valence-corrected chi connectivity index (χ1v) is 7.61. The monoisotopic (exact) mass is 295 g/mol. The summed E-state index contributed by atoms with van der Waals surface area (Å²) in [6, 6.07) is 12.0. The minimum absolute atomic E-state index is 0.248. The standard InChI is InChI=1S/C14H14ClNO2S/c1-10-9-14(11(2)8-13(10)15)19(17,18)16-12-6-4-3-5-7-12/h3-9,16H,1-2H3. The summed E-state index contributed by atoms with van der Waals surface area (Å²) in [5.41, 5.74) is 1.90. The number of rotatable bonds is 3. The smallest absolute Gasteiger partial charge is 0.262 e. The second kappa shape index (κ2) is 5.23. The zero-order valence-corrected chi connectivity index (χ0v) is 12.2. The highest BCUT2D eigenvalue weighted by Crippen LogP contribution is 2.25. The van der Waals surface area contributed by atoms with Gasteiger partial charge in [-0.15, -0.1) is 0 Å². The largest absolute Gasteiger partial charge is 0.280 e. The number of nitrogens with one attached hydrogen (secondary N) is 1. The van der Waals surface area contributed by atoms with Gasteiger partial charge in [-0.05, 0) is 49.2 Å². The fraction of sp³-hybridized carbons (Fsp3) is 0.143. The molecule has 0 bridgehead atoms. The molecule has 2 aromatic carbocycles. The highest BCUT2D eigenvalue weighted by molar-refractivity contribution is 7.92. The molecule has 5 heteroatoms. The molecule has 19 heavy (non-hydrogen) atoms. The number of para-hydroxylation sites is 1. The Morgan fingerprint density at radius 1 is 1.00 bits per heavy atom. The van der Waals surface area contributed by atoms with E-state index in [1.54, 1.807) is 50.2 Å². The SMILES string of the molecule is Cc1cc(S(=O)(=O)Nc2ccccc2)c(C)cc1Cl. The lowest BCUT2D eigenvalue weighted by molar-refractivity contribution is 0.600. The van der Waals surface area contributed by atoms with Gasteiger partial charge in [-0.25, -0.2) is 8.42 Å². The third-order valence-corrected chi connectivity index (χ3v) is 4.70. The van der Waals surface area contributed by atoms with E-state index in [0.29, 0.717) is 16.3 Å². The molecule has 0 aliphatic rings. The second-order valence-corrected chi connectivity index (χ2v) is 6.40. The van der Waals surface area contributed by atoms with Crippen LogP contribution in [0.1, 0.15) is 11.1 Å². The van der Waals surface area contributed by atoms with Gasteiger partial charge in [-0.3, -0.25) is 4.72 Å². The molecule has 1 N–H and O–H groups in total. The Bertz CT molecular complexity index is 697. The number of sulfonamides is 1. The third kappa shape index (κ3) is 3.08. The lowest BCUT2D eigenvalue weighted by Gasteiger charge is -2.12. The van der Waals surface area contributed by atoms with Gasteiger partial charge in [0.2, 0.25) is 0 Å². The topological polar surface area (TPSA) is 46.2 Å². The third-order valence-electron chi connectivity index (χ3n) is 2.77. The second-order valence-electron chi connectivity index (χ2n) is 4.34. The molecule has 0 aromatic heterocycles. The van der Waals surface area contributed by atoms with Crippen LogP contribution in [0.5, 0.6) is 0 Å². The molecule has 2 rings (SSSR count). The van der Waals surface area contributed by atoms with Crippen molar-refractivity contribution in [3.05, 3.63) is 58.6 Å². The van der Waals surface area contributed by atoms with E-state index in [2.05, 4.69) is 4.72 Å². The molecule has 0 unspecified atom stereocenters. The number of benzene rings is 2. The van der Waals surface area contributed by atoms with Crippen LogP contribution >= 0.6 is 11.6 Å². The predicted octanol–water partition coefficient (Wildman–Crippen LogP) is 3.76.